The molecule has 0 aromatic rings. The predicted molar refractivity (Wildman–Crippen MR) is 251 cm³/mol. The van der Waals surface area contributed by atoms with E-state index in [1.54, 1.807) is 0 Å². The smallest absolute Gasteiger partial charge is 0.0105 e. The number of rotatable bonds is 10. The van der Waals surface area contributed by atoms with Crippen LogP contribution in [0.3, 0.4) is 0 Å². The summed E-state index contributed by atoms with van der Waals surface area (Å²) in [5.41, 5.74) is 5.83. The van der Waals surface area contributed by atoms with Crippen LogP contribution in [-0.2, 0) is 0 Å². The van der Waals surface area contributed by atoms with Gasteiger partial charge in [0.2, 0.25) is 0 Å². The van der Waals surface area contributed by atoms with E-state index in [1.165, 1.54) is 135 Å². The SMILES string of the molecule is C.C.C.C.C.CCCN[C@H]1CCC2(C)C(=CC[C@H]3C2CCC2(C)C([C@H](C)C[C@@H](C)C4CC[C@H]5[C@H]6CC=C7C[C@@H](NCCC)CCC7(C)C6CCC45C)CC[C@@H]32)C1. The highest BCUT2D eigenvalue weighted by Gasteiger charge is 2.61. The van der Waals surface area contributed by atoms with E-state index in [0.29, 0.717) is 21.7 Å². The number of nitrogens with one attached hydrogen (secondary N) is 2. The lowest BCUT2D eigenvalue weighted by Gasteiger charge is -2.59. The molecule has 8 aliphatic carbocycles. The predicted octanol–water partition coefficient (Wildman–Crippen LogP) is 15.7. The Labute approximate surface area is 353 Å². The van der Waals surface area contributed by atoms with Gasteiger partial charge in [-0.15, -0.1) is 0 Å². The third-order valence-corrected chi connectivity index (χ3v) is 19.8. The first kappa shape index (κ1) is 49.8. The summed E-state index contributed by atoms with van der Waals surface area (Å²) in [7, 11) is 0. The molecule has 0 aromatic carbocycles. The van der Waals surface area contributed by atoms with Gasteiger partial charge in [0.25, 0.3) is 0 Å². The first-order chi connectivity index (χ1) is 24.5. The molecule has 56 heavy (non-hydrogen) atoms. The van der Waals surface area contributed by atoms with Gasteiger partial charge in [0.1, 0.15) is 0 Å². The van der Waals surface area contributed by atoms with E-state index in [-0.39, 0.29) is 37.1 Å². The first-order valence-electron chi connectivity index (χ1n) is 23.3. The number of fused-ring (bicyclic) bond motifs is 10. The minimum atomic E-state index is 0. The van der Waals surface area contributed by atoms with Crippen LogP contribution in [0.5, 0.6) is 0 Å². The normalized spacial score (nSPS) is 45.6. The van der Waals surface area contributed by atoms with E-state index in [2.05, 4.69) is 78.2 Å². The number of hydrogen-bond acceptors (Lipinski definition) is 2. The largest absolute Gasteiger partial charge is 0.314 e. The maximum atomic E-state index is 3.89. The van der Waals surface area contributed by atoms with Crippen LogP contribution in [0.15, 0.2) is 23.3 Å². The molecular formula is C54H102N2. The van der Waals surface area contributed by atoms with Gasteiger partial charge in [0.15, 0.2) is 0 Å². The molecule has 2 nitrogen and oxygen atoms in total. The van der Waals surface area contributed by atoms with Crippen molar-refractivity contribution in [2.45, 2.75) is 227 Å². The highest BCUT2D eigenvalue weighted by atomic mass is 14.9. The van der Waals surface area contributed by atoms with E-state index in [4.69, 9.17) is 0 Å². The molecule has 0 radical (unpaired) electrons. The summed E-state index contributed by atoms with van der Waals surface area (Å²) < 4.78 is 0. The van der Waals surface area contributed by atoms with E-state index < -0.39 is 0 Å². The van der Waals surface area contributed by atoms with E-state index in [1.807, 2.05) is 11.1 Å². The summed E-state index contributed by atoms with van der Waals surface area (Å²) in [4.78, 5) is 0. The fraction of sp³-hybridized carbons (Fsp3) is 0.926. The molecule has 6 fully saturated rings. The van der Waals surface area contributed by atoms with Gasteiger partial charge in [-0.05, 0) is 216 Å². The monoisotopic (exact) mass is 779 g/mol. The molecule has 0 heterocycles. The van der Waals surface area contributed by atoms with Gasteiger partial charge in [-0.2, -0.15) is 0 Å². The van der Waals surface area contributed by atoms with E-state index in [0.717, 1.165) is 71.3 Å². The third kappa shape index (κ3) is 8.00. The van der Waals surface area contributed by atoms with Gasteiger partial charge >= 0.3 is 0 Å². The molecule has 6 saturated carbocycles. The minimum absolute atomic E-state index is 0. The topological polar surface area (TPSA) is 24.1 Å². The van der Waals surface area contributed by atoms with Gasteiger partial charge in [-0.1, -0.05) is 116 Å². The molecule has 2 N–H and O–H groups in total. The van der Waals surface area contributed by atoms with Gasteiger partial charge in [0, 0.05) is 12.1 Å². The average molecular weight is 779 g/mol. The first-order valence-corrected chi connectivity index (χ1v) is 23.3. The van der Waals surface area contributed by atoms with Gasteiger partial charge in [-0.25, -0.2) is 0 Å². The molecule has 0 bridgehead atoms. The minimum Gasteiger partial charge on any atom is -0.314 e. The maximum Gasteiger partial charge on any atom is 0.0105 e. The Bertz CT molecular complexity index is 1220. The van der Waals surface area contributed by atoms with Gasteiger partial charge < -0.3 is 10.6 Å². The second-order valence-corrected chi connectivity index (χ2v) is 22.0. The molecule has 8 aliphatic rings. The van der Waals surface area contributed by atoms with Crippen LogP contribution in [0.4, 0.5) is 0 Å². The molecule has 2 heteroatoms. The van der Waals surface area contributed by atoms with Crippen LogP contribution < -0.4 is 10.6 Å². The Morgan fingerprint density at radius 3 is 1.30 bits per heavy atom. The van der Waals surface area contributed by atoms with Gasteiger partial charge in [0.05, 0.1) is 0 Å². The van der Waals surface area contributed by atoms with E-state index >= 15 is 0 Å². The second-order valence-electron chi connectivity index (χ2n) is 22.0. The molecular weight excluding hydrogens is 677 g/mol. The van der Waals surface area contributed by atoms with E-state index in [9.17, 15) is 0 Å². The highest BCUT2D eigenvalue weighted by molar-refractivity contribution is 5.27. The van der Waals surface area contributed by atoms with Crippen molar-refractivity contribution in [2.75, 3.05) is 13.1 Å². The summed E-state index contributed by atoms with van der Waals surface area (Å²) in [6.07, 6.45) is 32.8. The van der Waals surface area contributed by atoms with Crippen molar-refractivity contribution in [2.24, 2.45) is 80.8 Å². The quantitative estimate of drug-likeness (QED) is 0.216. The van der Waals surface area contributed by atoms with Crippen molar-refractivity contribution >= 4 is 0 Å². The Morgan fingerprint density at radius 2 is 0.929 bits per heavy atom. The van der Waals surface area contributed by atoms with Crippen molar-refractivity contribution < 1.29 is 0 Å². The lowest BCUT2D eigenvalue weighted by atomic mass is 9.46. The summed E-state index contributed by atoms with van der Waals surface area (Å²) in [5.74, 6) is 9.39. The van der Waals surface area contributed by atoms with Crippen LogP contribution in [-0.4, -0.2) is 25.2 Å². The molecule has 0 saturated heterocycles. The van der Waals surface area contributed by atoms with Crippen LogP contribution in [0.1, 0.15) is 215 Å². The van der Waals surface area contributed by atoms with Crippen molar-refractivity contribution in [3.63, 3.8) is 0 Å². The van der Waals surface area contributed by atoms with Crippen molar-refractivity contribution in [1.82, 2.24) is 10.6 Å². The summed E-state index contributed by atoms with van der Waals surface area (Å²) in [6.45, 7) is 23.5. The summed E-state index contributed by atoms with van der Waals surface area (Å²) >= 11 is 0. The number of allylic oxidation sites excluding steroid dienone is 2. The molecule has 328 valence electrons. The molecule has 8 unspecified atom stereocenters. The molecule has 0 amide bonds. The molecule has 0 aromatic heterocycles. The standard InChI is InChI=1S/C49H82N2.5CH4/c1-9-27-50-36-19-23-46(5)34(30-36)11-13-38-42-17-15-40(48(42,7)25-21-44(38)46)32(3)29-33(4)41-16-18-43-39-14-12-35-31-37(51-28-10-2)20-24-47(35,6)45(39)22-26-49(41,43)8;;;;;/h11-12,32-33,36-45,50-51H,9-10,13-31H2,1-8H3;5*1H4/t32-,33-,36+,37+,38-,39-,40?,41?,42+,43+,44?,45?,46?,47?,48?,49?;;;;;/m1...../s1. The zero-order chi connectivity index (χ0) is 35.8. The molecule has 16 atom stereocenters. The zero-order valence-electron chi connectivity index (χ0n) is 34.9. The van der Waals surface area contributed by atoms with Crippen LogP contribution in [0, 0.1) is 80.8 Å². The summed E-state index contributed by atoms with van der Waals surface area (Å²) in [5, 5.41) is 7.79. The van der Waals surface area contributed by atoms with Crippen LogP contribution in [0.25, 0.3) is 0 Å². The Morgan fingerprint density at radius 1 is 0.536 bits per heavy atom. The molecule has 8 rings (SSSR count). The highest BCUT2D eigenvalue weighted by Crippen LogP contribution is 2.70. The molecule has 0 aliphatic heterocycles. The zero-order valence-corrected chi connectivity index (χ0v) is 34.9. The van der Waals surface area contributed by atoms with Gasteiger partial charge in [-0.3, -0.25) is 0 Å². The third-order valence-electron chi connectivity index (χ3n) is 19.8. The fourth-order valence-corrected chi connectivity index (χ4v) is 17.2. The Balaban J connectivity index is 0.00000168. The Hall–Kier alpha value is -0.600. The maximum absolute atomic E-state index is 3.89. The van der Waals surface area contributed by atoms with Crippen LogP contribution >= 0.6 is 0 Å². The fourth-order valence-electron chi connectivity index (χ4n) is 17.2. The average Bonchev–Trinajstić information content (AvgIpc) is 3.66. The molecule has 0 spiro atoms. The number of hydrogen-bond donors (Lipinski definition) is 2. The second kappa shape index (κ2) is 19.0. The van der Waals surface area contributed by atoms with Crippen LogP contribution in [0.2, 0.25) is 0 Å². The lowest BCUT2D eigenvalue weighted by Crippen LogP contribution is -2.52. The summed E-state index contributed by atoms with van der Waals surface area (Å²) in [6, 6.07) is 1.46. The lowest BCUT2D eigenvalue weighted by molar-refractivity contribution is -0.0608. The van der Waals surface area contributed by atoms with Crippen molar-refractivity contribution in [3.05, 3.63) is 23.3 Å². The Kier molecular flexibility index (Phi) is 16.9. The van der Waals surface area contributed by atoms with Crippen molar-refractivity contribution in [1.29, 1.82) is 0 Å². The van der Waals surface area contributed by atoms with Crippen molar-refractivity contribution in [3.8, 4) is 0 Å².